The largest absolute Gasteiger partial charge is 0.393 e. The molecule has 1 heterocycles. The zero-order chi connectivity index (χ0) is 18.2. The molecule has 0 aromatic heterocycles. The Labute approximate surface area is 154 Å². The fourth-order valence-corrected chi connectivity index (χ4v) is 3.38. The van der Waals surface area contributed by atoms with E-state index >= 15 is 0 Å². The van der Waals surface area contributed by atoms with Gasteiger partial charge in [0.15, 0.2) is 0 Å². The Balaban J connectivity index is 1.78. The summed E-state index contributed by atoms with van der Waals surface area (Å²) in [5.74, 6) is -0.851. The predicted octanol–water partition coefficient (Wildman–Crippen LogP) is 6.50. The molecule has 25 heavy (non-hydrogen) atoms. The molecule has 1 fully saturated rings. The number of unbranched alkanes of at least 4 members (excludes halogenated alkanes) is 12. The number of cyclic esters (lactones) is 2. The van der Waals surface area contributed by atoms with Gasteiger partial charge in [0.2, 0.25) is 0 Å². The molecule has 1 atom stereocenters. The van der Waals surface area contributed by atoms with E-state index in [1.807, 2.05) is 0 Å². The summed E-state index contributed by atoms with van der Waals surface area (Å²) in [5.41, 5.74) is 0. The summed E-state index contributed by atoms with van der Waals surface area (Å²) >= 11 is 0. The molecule has 0 bridgehead atoms. The van der Waals surface area contributed by atoms with Crippen LogP contribution in [0.2, 0.25) is 0 Å². The van der Waals surface area contributed by atoms with Gasteiger partial charge in [-0.3, -0.25) is 9.59 Å². The molecule has 0 radical (unpaired) electrons. The normalized spacial score (nSPS) is 17.6. The minimum absolute atomic E-state index is 0.178. The van der Waals surface area contributed by atoms with E-state index in [-0.39, 0.29) is 24.3 Å². The van der Waals surface area contributed by atoms with Crippen molar-refractivity contribution in [3.05, 3.63) is 12.2 Å². The molecule has 0 saturated carbocycles. The molecule has 1 unspecified atom stereocenters. The first-order valence-electron chi connectivity index (χ1n) is 10.6. The lowest BCUT2D eigenvalue weighted by Crippen LogP contribution is -2.06. The van der Waals surface area contributed by atoms with Gasteiger partial charge in [0.1, 0.15) is 0 Å². The Hall–Kier alpha value is -1.12. The Bertz CT molecular complexity index is 387. The van der Waals surface area contributed by atoms with Crippen molar-refractivity contribution >= 4 is 11.9 Å². The summed E-state index contributed by atoms with van der Waals surface area (Å²) in [4.78, 5) is 22.3. The second-order valence-corrected chi connectivity index (χ2v) is 7.42. The maximum absolute atomic E-state index is 11.3. The summed E-state index contributed by atoms with van der Waals surface area (Å²) in [7, 11) is 0. The van der Waals surface area contributed by atoms with Crippen LogP contribution in [0.15, 0.2) is 12.2 Å². The van der Waals surface area contributed by atoms with Crippen LogP contribution in [-0.4, -0.2) is 11.9 Å². The van der Waals surface area contributed by atoms with Gasteiger partial charge in [-0.2, -0.15) is 0 Å². The van der Waals surface area contributed by atoms with Crippen LogP contribution in [-0.2, 0) is 14.3 Å². The van der Waals surface area contributed by atoms with Crippen LogP contribution in [0.4, 0.5) is 0 Å². The highest BCUT2D eigenvalue weighted by molar-refractivity contribution is 5.94. The summed E-state index contributed by atoms with van der Waals surface area (Å²) in [5, 5.41) is 0. The van der Waals surface area contributed by atoms with Crippen LogP contribution in [0.1, 0.15) is 110 Å². The first-order valence-corrected chi connectivity index (χ1v) is 10.6. The van der Waals surface area contributed by atoms with E-state index in [2.05, 4.69) is 23.8 Å². The van der Waals surface area contributed by atoms with E-state index in [9.17, 15) is 9.59 Å². The monoisotopic (exact) mass is 350 g/mol. The standard InChI is InChI=1S/C22H38O3/c1-2-3-4-5-6-7-8-9-10-11-12-13-14-15-16-17-18-20-19-21(23)25-22(20)24/h13-14,20H,2-12,15-19H2,1H3. The second-order valence-electron chi connectivity index (χ2n) is 7.42. The average Bonchev–Trinajstić information content (AvgIpc) is 2.92. The number of hydrogen-bond acceptors (Lipinski definition) is 3. The van der Waals surface area contributed by atoms with Gasteiger partial charge < -0.3 is 4.74 Å². The highest BCUT2D eigenvalue weighted by Gasteiger charge is 2.32. The van der Waals surface area contributed by atoms with Gasteiger partial charge in [-0.05, 0) is 32.1 Å². The second kappa shape index (κ2) is 15.2. The lowest BCUT2D eigenvalue weighted by atomic mass is 10.00. The molecule has 0 N–H and O–H groups in total. The van der Waals surface area contributed by atoms with Crippen LogP contribution in [0.25, 0.3) is 0 Å². The molecule has 1 rings (SSSR count). The molecule has 3 nitrogen and oxygen atoms in total. The van der Waals surface area contributed by atoms with E-state index < -0.39 is 0 Å². The average molecular weight is 351 g/mol. The highest BCUT2D eigenvalue weighted by Crippen LogP contribution is 2.22. The predicted molar refractivity (Wildman–Crippen MR) is 103 cm³/mol. The number of ether oxygens (including phenoxy) is 1. The van der Waals surface area contributed by atoms with E-state index in [0.29, 0.717) is 0 Å². The molecule has 0 aromatic carbocycles. The molecule has 0 spiro atoms. The summed E-state index contributed by atoms with van der Waals surface area (Å²) in [6.07, 6.45) is 23.9. The number of rotatable bonds is 16. The molecule has 0 amide bonds. The van der Waals surface area contributed by atoms with Gasteiger partial charge in [-0.25, -0.2) is 0 Å². The van der Waals surface area contributed by atoms with Gasteiger partial charge in [-0.15, -0.1) is 0 Å². The Morgan fingerprint density at radius 3 is 1.84 bits per heavy atom. The van der Waals surface area contributed by atoms with Crippen molar-refractivity contribution in [1.82, 2.24) is 0 Å². The van der Waals surface area contributed by atoms with Crippen molar-refractivity contribution in [2.24, 2.45) is 5.92 Å². The first-order chi connectivity index (χ1) is 12.2. The van der Waals surface area contributed by atoms with Crippen LogP contribution in [0.5, 0.6) is 0 Å². The first kappa shape index (κ1) is 21.9. The molecule has 0 aliphatic carbocycles. The van der Waals surface area contributed by atoms with Crippen molar-refractivity contribution < 1.29 is 14.3 Å². The Morgan fingerprint density at radius 2 is 1.32 bits per heavy atom. The minimum Gasteiger partial charge on any atom is -0.393 e. The fourth-order valence-electron chi connectivity index (χ4n) is 3.38. The zero-order valence-electron chi connectivity index (χ0n) is 16.3. The third kappa shape index (κ3) is 12.0. The van der Waals surface area contributed by atoms with E-state index in [1.165, 1.54) is 70.6 Å². The minimum atomic E-state index is -0.355. The maximum Gasteiger partial charge on any atom is 0.317 e. The fraction of sp³-hybridized carbons (Fsp3) is 0.818. The van der Waals surface area contributed by atoms with Crippen molar-refractivity contribution in [1.29, 1.82) is 0 Å². The van der Waals surface area contributed by atoms with E-state index in [0.717, 1.165) is 25.7 Å². The zero-order valence-corrected chi connectivity index (χ0v) is 16.3. The Morgan fingerprint density at radius 1 is 0.800 bits per heavy atom. The van der Waals surface area contributed by atoms with Crippen molar-refractivity contribution in [3.63, 3.8) is 0 Å². The SMILES string of the molecule is CCCCCCCCCCCCC=CCCCCC1CC(=O)OC1=O. The van der Waals surface area contributed by atoms with Crippen LogP contribution in [0.3, 0.4) is 0 Å². The van der Waals surface area contributed by atoms with Crippen LogP contribution < -0.4 is 0 Å². The van der Waals surface area contributed by atoms with Crippen molar-refractivity contribution in [3.8, 4) is 0 Å². The summed E-state index contributed by atoms with van der Waals surface area (Å²) in [6, 6.07) is 0. The molecular formula is C22H38O3. The molecular weight excluding hydrogens is 312 g/mol. The molecule has 1 saturated heterocycles. The summed E-state index contributed by atoms with van der Waals surface area (Å²) in [6.45, 7) is 2.27. The third-order valence-corrected chi connectivity index (χ3v) is 5.03. The van der Waals surface area contributed by atoms with Gasteiger partial charge in [-0.1, -0.05) is 83.3 Å². The smallest absolute Gasteiger partial charge is 0.317 e. The van der Waals surface area contributed by atoms with E-state index in [1.54, 1.807) is 0 Å². The lowest BCUT2D eigenvalue weighted by Gasteiger charge is -2.02. The molecule has 1 aliphatic heterocycles. The molecule has 144 valence electrons. The van der Waals surface area contributed by atoms with Crippen LogP contribution >= 0.6 is 0 Å². The van der Waals surface area contributed by atoms with Gasteiger partial charge in [0, 0.05) is 0 Å². The number of carbonyl (C=O) groups excluding carboxylic acids is 2. The molecule has 3 heteroatoms. The topological polar surface area (TPSA) is 43.4 Å². The lowest BCUT2D eigenvalue weighted by molar-refractivity contribution is -0.153. The highest BCUT2D eigenvalue weighted by atomic mass is 16.6. The van der Waals surface area contributed by atoms with Crippen molar-refractivity contribution in [2.75, 3.05) is 0 Å². The number of esters is 2. The Kier molecular flexibility index (Phi) is 13.3. The molecule has 0 aromatic rings. The number of hydrogen-bond donors (Lipinski definition) is 0. The number of carbonyl (C=O) groups is 2. The van der Waals surface area contributed by atoms with Crippen LogP contribution in [0, 0.1) is 5.92 Å². The third-order valence-electron chi connectivity index (χ3n) is 5.03. The van der Waals surface area contributed by atoms with Gasteiger partial charge >= 0.3 is 11.9 Å². The molecule has 1 aliphatic rings. The summed E-state index contributed by atoms with van der Waals surface area (Å²) < 4.78 is 4.56. The van der Waals surface area contributed by atoms with E-state index in [4.69, 9.17) is 0 Å². The quantitative estimate of drug-likeness (QED) is 0.138. The maximum atomic E-state index is 11.3. The van der Waals surface area contributed by atoms with Gasteiger partial charge in [0.05, 0.1) is 12.3 Å². The van der Waals surface area contributed by atoms with Gasteiger partial charge in [0.25, 0.3) is 0 Å². The van der Waals surface area contributed by atoms with Crippen molar-refractivity contribution in [2.45, 2.75) is 110 Å². The number of allylic oxidation sites excluding steroid dienone is 2.